The van der Waals surface area contributed by atoms with E-state index in [2.05, 4.69) is 4.98 Å². The number of halogens is 3. The number of ketones is 1. The number of carbonyl (C=O) groups excluding carboxylic acids is 1. The molecule has 1 aromatic rings. The average molecular weight is 252 g/mol. The smallest absolute Gasteiger partial charge is 0.312 e. The molecule has 1 unspecified atom stereocenters. The highest BCUT2D eigenvalue weighted by molar-refractivity contribution is 7.09. The molecule has 0 saturated carbocycles. The van der Waals surface area contributed by atoms with Crippen LogP contribution in [0.4, 0.5) is 13.2 Å². The second-order valence-corrected chi connectivity index (χ2v) is 4.63. The molecule has 16 heavy (non-hydrogen) atoms. The summed E-state index contributed by atoms with van der Waals surface area (Å²) in [5.74, 6) is -1.07. The van der Waals surface area contributed by atoms with Gasteiger partial charge in [-0.25, -0.2) is 4.98 Å². The first kappa shape index (κ1) is 13.1. The summed E-state index contributed by atoms with van der Waals surface area (Å²) in [6, 6.07) is 0. The summed E-state index contributed by atoms with van der Waals surface area (Å²) < 4.78 is 37.3. The molecule has 7 heteroatoms. The number of aromatic nitrogens is 1. The Morgan fingerprint density at radius 1 is 1.56 bits per heavy atom. The minimum Gasteiger partial charge on any atom is -0.312 e. The van der Waals surface area contributed by atoms with E-state index in [9.17, 15) is 18.0 Å². The number of hydrogen-bond acceptors (Lipinski definition) is 4. The molecule has 90 valence electrons. The third-order valence-corrected chi connectivity index (χ3v) is 3.11. The fourth-order valence-corrected chi connectivity index (χ4v) is 1.73. The van der Waals surface area contributed by atoms with Gasteiger partial charge in [0.25, 0.3) is 0 Å². The molecule has 1 aromatic heterocycles. The molecule has 0 saturated heterocycles. The molecule has 1 atom stereocenters. The predicted octanol–water partition coefficient (Wildman–Crippen LogP) is 1.84. The summed E-state index contributed by atoms with van der Waals surface area (Å²) in [6.07, 6.45) is -5.12. The molecule has 1 rings (SSSR count). The van der Waals surface area contributed by atoms with Crippen molar-refractivity contribution in [1.82, 2.24) is 4.98 Å². The first-order valence-electron chi connectivity index (χ1n) is 4.44. The molecule has 2 N–H and O–H groups in total. The predicted molar refractivity (Wildman–Crippen MR) is 54.2 cm³/mol. The van der Waals surface area contributed by atoms with Crippen molar-refractivity contribution < 1.29 is 18.0 Å². The molecule has 0 radical (unpaired) electrons. The van der Waals surface area contributed by atoms with Crippen molar-refractivity contribution in [1.29, 1.82) is 0 Å². The second kappa shape index (κ2) is 4.14. The summed E-state index contributed by atoms with van der Waals surface area (Å²) >= 11 is 1.15. The lowest BCUT2D eigenvalue weighted by atomic mass is 9.95. The molecule has 0 fully saturated rings. The minimum atomic E-state index is -4.74. The van der Waals surface area contributed by atoms with Crippen LogP contribution in [-0.4, -0.2) is 22.5 Å². The van der Waals surface area contributed by atoms with E-state index in [0.29, 0.717) is 17.6 Å². The van der Waals surface area contributed by atoms with Crippen molar-refractivity contribution in [2.75, 3.05) is 0 Å². The Kier molecular flexibility index (Phi) is 3.39. The van der Waals surface area contributed by atoms with Gasteiger partial charge in [0.1, 0.15) is 5.01 Å². The monoisotopic (exact) mass is 252 g/mol. The number of hydrogen-bond donors (Lipinski definition) is 1. The summed E-state index contributed by atoms with van der Waals surface area (Å²) in [7, 11) is 0. The maximum atomic E-state index is 12.4. The molecule has 0 aliphatic heterocycles. The Morgan fingerprint density at radius 2 is 2.12 bits per heavy atom. The zero-order chi connectivity index (χ0) is 12.6. The van der Waals surface area contributed by atoms with Gasteiger partial charge in [0.05, 0.1) is 6.42 Å². The highest BCUT2D eigenvalue weighted by atomic mass is 32.1. The van der Waals surface area contributed by atoms with Gasteiger partial charge in [-0.3, -0.25) is 4.79 Å². The van der Waals surface area contributed by atoms with Crippen LogP contribution in [0.1, 0.15) is 17.6 Å². The van der Waals surface area contributed by atoms with E-state index < -0.39 is 17.5 Å². The highest BCUT2D eigenvalue weighted by Crippen LogP contribution is 2.29. The second-order valence-electron chi connectivity index (χ2n) is 3.68. The lowest BCUT2D eigenvalue weighted by Gasteiger charge is -2.25. The fourth-order valence-electron chi connectivity index (χ4n) is 0.963. The molecular weight excluding hydrogens is 241 g/mol. The molecule has 0 spiro atoms. The van der Waals surface area contributed by atoms with Crippen molar-refractivity contribution in [2.24, 2.45) is 5.73 Å². The van der Waals surface area contributed by atoms with Crippen molar-refractivity contribution in [2.45, 2.75) is 32.0 Å². The van der Waals surface area contributed by atoms with Crippen molar-refractivity contribution in [3.63, 3.8) is 0 Å². The number of carbonyl (C=O) groups is 1. The average Bonchev–Trinajstić information content (AvgIpc) is 2.49. The Hall–Kier alpha value is -0.950. The largest absolute Gasteiger partial charge is 0.413 e. The molecule has 3 nitrogen and oxygen atoms in total. The van der Waals surface area contributed by atoms with Crippen molar-refractivity contribution in [3.05, 3.63) is 16.1 Å². The topological polar surface area (TPSA) is 56.0 Å². The third kappa shape index (κ3) is 2.59. The van der Waals surface area contributed by atoms with Gasteiger partial charge in [0, 0.05) is 11.1 Å². The number of aryl methyl sites for hydroxylation is 1. The zero-order valence-corrected chi connectivity index (χ0v) is 9.58. The molecule has 0 aliphatic rings. The normalized spacial score (nSPS) is 15.9. The van der Waals surface area contributed by atoms with Crippen LogP contribution in [0.5, 0.6) is 0 Å². The lowest BCUT2D eigenvalue weighted by Crippen LogP contribution is -2.57. The first-order chi connectivity index (χ1) is 7.14. The van der Waals surface area contributed by atoms with Crippen LogP contribution >= 0.6 is 11.3 Å². The van der Waals surface area contributed by atoms with Crippen molar-refractivity contribution >= 4 is 17.1 Å². The molecule has 0 aliphatic carbocycles. The Balaban J connectivity index is 2.80. The van der Waals surface area contributed by atoms with E-state index in [0.717, 1.165) is 11.3 Å². The van der Waals surface area contributed by atoms with E-state index >= 15 is 0 Å². The zero-order valence-electron chi connectivity index (χ0n) is 8.76. The number of alkyl halides is 3. The number of Topliss-reactive ketones (excluding diaryl/α,β-unsaturated/α-hetero) is 1. The van der Waals surface area contributed by atoms with Crippen LogP contribution in [0.25, 0.3) is 0 Å². The summed E-state index contributed by atoms with van der Waals surface area (Å²) in [5, 5.41) is 2.02. The molecule has 0 bridgehead atoms. The van der Waals surface area contributed by atoms with Gasteiger partial charge >= 0.3 is 6.18 Å². The van der Waals surface area contributed by atoms with E-state index in [1.165, 1.54) is 0 Å². The van der Waals surface area contributed by atoms with Gasteiger partial charge in [-0.2, -0.15) is 13.2 Å². The number of thiazole rings is 1. The van der Waals surface area contributed by atoms with Crippen LogP contribution in [0.3, 0.4) is 0 Å². The summed E-state index contributed by atoms with van der Waals surface area (Å²) in [4.78, 5) is 15.3. The molecule has 1 heterocycles. The van der Waals surface area contributed by atoms with Gasteiger partial charge in [-0.15, -0.1) is 11.3 Å². The quantitative estimate of drug-likeness (QED) is 0.893. The van der Waals surface area contributed by atoms with Gasteiger partial charge in [0.15, 0.2) is 11.3 Å². The molecule has 0 aromatic carbocycles. The van der Waals surface area contributed by atoms with Crippen LogP contribution in [-0.2, 0) is 11.2 Å². The Morgan fingerprint density at radius 3 is 2.50 bits per heavy atom. The van der Waals surface area contributed by atoms with Gasteiger partial charge < -0.3 is 5.73 Å². The fraction of sp³-hybridized carbons (Fsp3) is 0.556. The van der Waals surface area contributed by atoms with Gasteiger partial charge in [-0.1, -0.05) is 0 Å². The summed E-state index contributed by atoms with van der Waals surface area (Å²) in [6.45, 7) is 2.38. The Labute approximate surface area is 94.5 Å². The van der Waals surface area contributed by atoms with E-state index in [-0.39, 0.29) is 6.42 Å². The van der Waals surface area contributed by atoms with Gasteiger partial charge in [0.2, 0.25) is 0 Å². The van der Waals surface area contributed by atoms with Crippen LogP contribution < -0.4 is 5.73 Å². The lowest BCUT2D eigenvalue weighted by molar-refractivity contribution is -0.185. The van der Waals surface area contributed by atoms with Crippen molar-refractivity contribution in [3.8, 4) is 0 Å². The first-order valence-corrected chi connectivity index (χ1v) is 5.32. The number of rotatable bonds is 3. The Bertz CT molecular complexity index is 398. The van der Waals surface area contributed by atoms with Crippen LogP contribution in [0, 0.1) is 6.92 Å². The maximum absolute atomic E-state index is 12.4. The van der Waals surface area contributed by atoms with Crippen LogP contribution in [0.2, 0.25) is 0 Å². The SMILES string of the molecule is Cc1csc(CC(=O)C(C)(N)C(F)(F)F)n1. The van der Waals surface area contributed by atoms with E-state index in [4.69, 9.17) is 5.73 Å². The van der Waals surface area contributed by atoms with E-state index in [1.807, 2.05) is 0 Å². The highest BCUT2D eigenvalue weighted by Gasteiger charge is 2.53. The summed E-state index contributed by atoms with van der Waals surface area (Å²) in [5.41, 5.74) is 2.86. The van der Waals surface area contributed by atoms with Crippen LogP contribution in [0.15, 0.2) is 5.38 Å². The number of nitrogens with two attached hydrogens (primary N) is 1. The van der Waals surface area contributed by atoms with Gasteiger partial charge in [-0.05, 0) is 13.8 Å². The molecule has 0 amide bonds. The number of nitrogens with zero attached hydrogens (tertiary/aromatic N) is 1. The standard InChI is InChI=1S/C9H11F3N2OS/c1-5-4-16-7(14-5)3-6(15)8(2,13)9(10,11)12/h4H,3,13H2,1-2H3. The third-order valence-electron chi connectivity index (χ3n) is 2.15. The minimum absolute atomic E-state index is 0.350. The van der Waals surface area contributed by atoms with E-state index in [1.54, 1.807) is 12.3 Å². The maximum Gasteiger partial charge on any atom is 0.413 e. The molecular formula is C9H11F3N2OS.